The summed E-state index contributed by atoms with van der Waals surface area (Å²) in [4.78, 5) is 23.7. The van der Waals surface area contributed by atoms with Gasteiger partial charge in [0, 0.05) is 0 Å². The van der Waals surface area contributed by atoms with Crippen LogP contribution < -0.4 is 11.1 Å². The fourth-order valence-corrected chi connectivity index (χ4v) is 2.27. The van der Waals surface area contributed by atoms with Crippen LogP contribution in [0.3, 0.4) is 0 Å². The number of carbonyl (C=O) groups excluding carboxylic acids is 2. The minimum atomic E-state index is -0.674. The Morgan fingerprint density at radius 1 is 1.67 bits per heavy atom. The number of hydrogen-bond donors (Lipinski definition) is 2. The summed E-state index contributed by atoms with van der Waals surface area (Å²) in [6.45, 7) is 5.33. The Morgan fingerprint density at radius 3 is 2.89 bits per heavy atom. The van der Waals surface area contributed by atoms with E-state index in [1.165, 1.54) is 18.4 Å². The van der Waals surface area contributed by atoms with Gasteiger partial charge in [0.25, 0.3) is 0 Å². The Labute approximate surface area is 110 Å². The zero-order chi connectivity index (χ0) is 13.7. The molecule has 1 atom stereocenters. The molecule has 1 rings (SSSR count). The third-order valence-electron chi connectivity index (χ3n) is 2.35. The molecule has 0 saturated carbocycles. The molecular formula is C12H16N2O3S. The standard InChI is InChI=1S/C12H16N2O3S/c1-4-5-8(13)11(15)14-9-7(2)6-18-10(9)12(16)17-3/h4,6,8H,1,5,13H2,2-3H3,(H,14,15). The van der Waals surface area contributed by atoms with Crippen molar-refractivity contribution in [2.24, 2.45) is 5.73 Å². The number of esters is 1. The Morgan fingerprint density at radius 2 is 2.33 bits per heavy atom. The average molecular weight is 268 g/mol. The molecule has 0 radical (unpaired) electrons. The highest BCUT2D eigenvalue weighted by Gasteiger charge is 2.20. The molecule has 0 saturated heterocycles. The summed E-state index contributed by atoms with van der Waals surface area (Å²) in [5.74, 6) is -0.817. The predicted octanol–water partition coefficient (Wildman–Crippen LogP) is 1.69. The lowest BCUT2D eigenvalue weighted by Gasteiger charge is -2.11. The van der Waals surface area contributed by atoms with Crippen molar-refractivity contribution in [1.82, 2.24) is 0 Å². The lowest BCUT2D eigenvalue weighted by Crippen LogP contribution is -2.35. The second-order valence-electron chi connectivity index (χ2n) is 3.73. The van der Waals surface area contributed by atoms with Gasteiger partial charge in [-0.25, -0.2) is 4.79 Å². The Hall–Kier alpha value is -1.66. The van der Waals surface area contributed by atoms with Gasteiger partial charge in [0.2, 0.25) is 5.91 Å². The molecule has 1 unspecified atom stereocenters. The molecule has 18 heavy (non-hydrogen) atoms. The molecule has 3 N–H and O–H groups in total. The number of methoxy groups -OCH3 is 1. The summed E-state index contributed by atoms with van der Waals surface area (Å²) >= 11 is 1.23. The van der Waals surface area contributed by atoms with Crippen LogP contribution in [-0.4, -0.2) is 25.0 Å². The van der Waals surface area contributed by atoms with Crippen LogP contribution in [0.5, 0.6) is 0 Å². The molecule has 0 aromatic carbocycles. The van der Waals surface area contributed by atoms with E-state index in [1.807, 2.05) is 0 Å². The van der Waals surface area contributed by atoms with Crippen LogP contribution in [-0.2, 0) is 9.53 Å². The molecule has 0 aliphatic carbocycles. The Kier molecular flexibility index (Phi) is 5.06. The summed E-state index contributed by atoms with van der Waals surface area (Å²) in [5.41, 5.74) is 6.93. The van der Waals surface area contributed by atoms with Crippen molar-refractivity contribution in [3.63, 3.8) is 0 Å². The highest BCUT2D eigenvalue weighted by molar-refractivity contribution is 7.12. The quantitative estimate of drug-likeness (QED) is 0.629. The molecule has 0 aliphatic rings. The van der Waals surface area contributed by atoms with Crippen LogP contribution in [0.1, 0.15) is 21.7 Å². The molecular weight excluding hydrogens is 252 g/mol. The first-order chi connectivity index (χ1) is 8.51. The van der Waals surface area contributed by atoms with E-state index in [9.17, 15) is 9.59 Å². The monoisotopic (exact) mass is 268 g/mol. The van der Waals surface area contributed by atoms with Crippen LogP contribution in [0.4, 0.5) is 5.69 Å². The summed E-state index contributed by atoms with van der Waals surface area (Å²) in [6.07, 6.45) is 1.95. The minimum absolute atomic E-state index is 0.346. The molecule has 1 amide bonds. The third kappa shape index (κ3) is 3.18. The molecule has 0 bridgehead atoms. The van der Waals surface area contributed by atoms with Crippen molar-refractivity contribution < 1.29 is 14.3 Å². The van der Waals surface area contributed by atoms with E-state index in [0.717, 1.165) is 5.56 Å². The second kappa shape index (κ2) is 6.32. The fraction of sp³-hybridized carbons (Fsp3) is 0.333. The number of rotatable bonds is 5. The zero-order valence-electron chi connectivity index (χ0n) is 10.4. The molecule has 1 aromatic heterocycles. The number of anilines is 1. The van der Waals surface area contributed by atoms with E-state index in [4.69, 9.17) is 5.73 Å². The van der Waals surface area contributed by atoms with Crippen LogP contribution in [0.15, 0.2) is 18.0 Å². The first kappa shape index (κ1) is 14.4. The molecule has 0 spiro atoms. The van der Waals surface area contributed by atoms with Crippen molar-refractivity contribution in [3.05, 3.63) is 28.5 Å². The highest BCUT2D eigenvalue weighted by atomic mass is 32.1. The van der Waals surface area contributed by atoms with Crippen molar-refractivity contribution in [1.29, 1.82) is 0 Å². The van der Waals surface area contributed by atoms with Gasteiger partial charge in [-0.1, -0.05) is 6.08 Å². The maximum atomic E-state index is 11.8. The Balaban J connectivity index is 2.90. The van der Waals surface area contributed by atoms with E-state index < -0.39 is 12.0 Å². The lowest BCUT2D eigenvalue weighted by atomic mass is 10.2. The van der Waals surface area contributed by atoms with Gasteiger partial charge in [-0.2, -0.15) is 0 Å². The molecule has 6 heteroatoms. The van der Waals surface area contributed by atoms with Crippen molar-refractivity contribution in [3.8, 4) is 0 Å². The maximum absolute atomic E-state index is 11.8. The van der Waals surface area contributed by atoms with E-state index in [2.05, 4.69) is 16.6 Å². The van der Waals surface area contributed by atoms with Gasteiger partial charge in [-0.05, 0) is 24.3 Å². The van der Waals surface area contributed by atoms with Gasteiger partial charge < -0.3 is 15.8 Å². The average Bonchev–Trinajstić information content (AvgIpc) is 2.70. The van der Waals surface area contributed by atoms with Gasteiger partial charge in [0.15, 0.2) is 0 Å². The van der Waals surface area contributed by atoms with E-state index in [1.54, 1.807) is 18.4 Å². The van der Waals surface area contributed by atoms with Crippen LogP contribution in [0, 0.1) is 6.92 Å². The van der Waals surface area contributed by atoms with E-state index >= 15 is 0 Å². The molecule has 5 nitrogen and oxygen atoms in total. The number of nitrogens with one attached hydrogen (secondary N) is 1. The SMILES string of the molecule is C=CCC(N)C(=O)Nc1c(C)csc1C(=O)OC. The van der Waals surface area contributed by atoms with Crippen LogP contribution in [0.2, 0.25) is 0 Å². The molecule has 1 aromatic rings. The van der Waals surface area contributed by atoms with Crippen LogP contribution in [0.25, 0.3) is 0 Å². The van der Waals surface area contributed by atoms with E-state index in [-0.39, 0.29) is 5.91 Å². The molecule has 0 aliphatic heterocycles. The number of thiophene rings is 1. The summed E-state index contributed by atoms with van der Waals surface area (Å²) in [6, 6.07) is -0.674. The number of nitrogens with two attached hydrogens (primary N) is 1. The molecule has 1 heterocycles. The fourth-order valence-electron chi connectivity index (χ4n) is 1.34. The smallest absolute Gasteiger partial charge is 0.350 e. The first-order valence-electron chi connectivity index (χ1n) is 5.35. The van der Waals surface area contributed by atoms with Gasteiger partial charge in [0.05, 0.1) is 18.8 Å². The minimum Gasteiger partial charge on any atom is -0.465 e. The number of carbonyl (C=O) groups is 2. The summed E-state index contributed by atoms with van der Waals surface area (Å²) < 4.78 is 4.65. The molecule has 98 valence electrons. The predicted molar refractivity (Wildman–Crippen MR) is 71.8 cm³/mol. The van der Waals surface area contributed by atoms with Gasteiger partial charge >= 0.3 is 5.97 Å². The number of aryl methyl sites for hydroxylation is 1. The van der Waals surface area contributed by atoms with Crippen molar-refractivity contribution in [2.75, 3.05) is 12.4 Å². The number of hydrogen-bond acceptors (Lipinski definition) is 5. The summed E-state index contributed by atoms with van der Waals surface area (Å²) in [5, 5.41) is 4.44. The van der Waals surface area contributed by atoms with Crippen molar-refractivity contribution in [2.45, 2.75) is 19.4 Å². The second-order valence-corrected chi connectivity index (χ2v) is 4.61. The Bertz CT molecular complexity index is 468. The van der Waals surface area contributed by atoms with Crippen molar-refractivity contribution >= 4 is 28.9 Å². The van der Waals surface area contributed by atoms with Gasteiger partial charge in [-0.15, -0.1) is 17.9 Å². The molecule has 0 fully saturated rings. The number of amides is 1. The van der Waals surface area contributed by atoms with Crippen LogP contribution >= 0.6 is 11.3 Å². The first-order valence-corrected chi connectivity index (χ1v) is 6.23. The zero-order valence-corrected chi connectivity index (χ0v) is 11.2. The maximum Gasteiger partial charge on any atom is 0.350 e. The van der Waals surface area contributed by atoms with E-state index in [0.29, 0.717) is 17.0 Å². The van der Waals surface area contributed by atoms with Gasteiger partial charge in [0.1, 0.15) is 4.88 Å². The largest absolute Gasteiger partial charge is 0.465 e. The normalized spacial score (nSPS) is 11.7. The topological polar surface area (TPSA) is 81.4 Å². The van der Waals surface area contributed by atoms with Gasteiger partial charge in [-0.3, -0.25) is 4.79 Å². The third-order valence-corrected chi connectivity index (χ3v) is 3.43. The highest BCUT2D eigenvalue weighted by Crippen LogP contribution is 2.28. The number of ether oxygens (including phenoxy) is 1. The summed E-state index contributed by atoms with van der Waals surface area (Å²) in [7, 11) is 1.30. The lowest BCUT2D eigenvalue weighted by molar-refractivity contribution is -0.117.